The van der Waals surface area contributed by atoms with Gasteiger partial charge < -0.3 is 14.6 Å². The summed E-state index contributed by atoms with van der Waals surface area (Å²) in [6, 6.07) is 11.0. The number of carbonyl (C=O) groups is 1. The van der Waals surface area contributed by atoms with Gasteiger partial charge in [-0.3, -0.25) is 0 Å². The highest BCUT2D eigenvalue weighted by Crippen LogP contribution is 2.31. The van der Waals surface area contributed by atoms with E-state index in [2.05, 4.69) is 0 Å². The van der Waals surface area contributed by atoms with E-state index in [0.717, 1.165) is 18.2 Å². The molecule has 0 aliphatic heterocycles. The van der Waals surface area contributed by atoms with Crippen molar-refractivity contribution >= 4 is 5.97 Å². The Balaban J connectivity index is 1.86. The van der Waals surface area contributed by atoms with Crippen molar-refractivity contribution in [3.8, 4) is 17.2 Å². The van der Waals surface area contributed by atoms with Crippen molar-refractivity contribution in [3.05, 3.63) is 66.2 Å². The molecule has 0 saturated carbocycles. The van der Waals surface area contributed by atoms with E-state index in [-0.39, 0.29) is 0 Å². The predicted molar refractivity (Wildman–Crippen MR) is 84.8 cm³/mol. The SMILES string of the molecule is O=C(O)C=CCCOc1ccc(Oc2ccc(C(F)(F)F)cc2)cc1. The molecule has 0 saturated heterocycles. The Hall–Kier alpha value is -2.96. The molecule has 0 heterocycles. The summed E-state index contributed by atoms with van der Waals surface area (Å²) in [5.74, 6) is 0.312. The lowest BCUT2D eigenvalue weighted by Gasteiger charge is -2.10. The van der Waals surface area contributed by atoms with E-state index in [1.807, 2.05) is 0 Å². The fraction of sp³-hybridized carbons (Fsp3) is 0.167. The standard InChI is InChI=1S/C18H15F3O4/c19-18(20,21)13-4-6-15(7-5-13)25-16-10-8-14(9-11-16)24-12-2-1-3-17(22)23/h1,3-11H,2,12H2,(H,22,23). The number of halogens is 3. The van der Waals surface area contributed by atoms with Crippen molar-refractivity contribution < 1.29 is 32.5 Å². The molecule has 0 spiro atoms. The summed E-state index contributed by atoms with van der Waals surface area (Å²) in [5, 5.41) is 8.44. The van der Waals surface area contributed by atoms with Crippen molar-refractivity contribution in [2.24, 2.45) is 0 Å². The first kappa shape index (κ1) is 18.4. The molecular weight excluding hydrogens is 337 g/mol. The normalized spacial score (nSPS) is 11.5. The van der Waals surface area contributed by atoms with Crippen LogP contribution in [0.3, 0.4) is 0 Å². The Labute approximate surface area is 142 Å². The van der Waals surface area contributed by atoms with Gasteiger partial charge in [-0.1, -0.05) is 6.08 Å². The minimum Gasteiger partial charge on any atom is -0.493 e. The topological polar surface area (TPSA) is 55.8 Å². The Kier molecular flexibility index (Phi) is 6.05. The molecule has 4 nitrogen and oxygen atoms in total. The van der Waals surface area contributed by atoms with Crippen LogP contribution in [0.1, 0.15) is 12.0 Å². The molecule has 0 aliphatic rings. The first-order chi connectivity index (χ1) is 11.8. The summed E-state index contributed by atoms with van der Waals surface area (Å²) in [6.45, 7) is 0.322. The van der Waals surface area contributed by atoms with Gasteiger partial charge in [0.15, 0.2) is 0 Å². The highest BCUT2D eigenvalue weighted by molar-refractivity contribution is 5.79. The van der Waals surface area contributed by atoms with Crippen LogP contribution in [0.4, 0.5) is 13.2 Å². The molecule has 7 heteroatoms. The summed E-state index contributed by atoms with van der Waals surface area (Å²) < 4.78 is 48.4. The van der Waals surface area contributed by atoms with Gasteiger partial charge in [-0.15, -0.1) is 0 Å². The lowest BCUT2D eigenvalue weighted by Crippen LogP contribution is -2.03. The minimum atomic E-state index is -4.38. The van der Waals surface area contributed by atoms with Crippen LogP contribution in [0.2, 0.25) is 0 Å². The van der Waals surface area contributed by atoms with Crippen molar-refractivity contribution in [2.75, 3.05) is 6.61 Å². The van der Waals surface area contributed by atoms with Crippen LogP contribution in [-0.2, 0) is 11.0 Å². The van der Waals surface area contributed by atoms with E-state index < -0.39 is 17.7 Å². The van der Waals surface area contributed by atoms with Gasteiger partial charge in [-0.05, 0) is 55.0 Å². The van der Waals surface area contributed by atoms with Gasteiger partial charge in [0, 0.05) is 6.08 Å². The molecule has 0 atom stereocenters. The highest BCUT2D eigenvalue weighted by Gasteiger charge is 2.30. The molecule has 0 aromatic heterocycles. The van der Waals surface area contributed by atoms with Crippen molar-refractivity contribution in [1.29, 1.82) is 0 Å². The van der Waals surface area contributed by atoms with Crippen molar-refractivity contribution in [1.82, 2.24) is 0 Å². The number of aliphatic carboxylic acids is 1. The third-order valence-electron chi connectivity index (χ3n) is 3.05. The molecule has 0 bridgehead atoms. The molecule has 2 aromatic carbocycles. The lowest BCUT2D eigenvalue weighted by atomic mass is 10.2. The van der Waals surface area contributed by atoms with Gasteiger partial charge in [-0.25, -0.2) is 4.79 Å². The van der Waals surface area contributed by atoms with E-state index in [1.54, 1.807) is 24.3 Å². The maximum atomic E-state index is 12.5. The Bertz CT molecular complexity index is 719. The first-order valence-corrected chi connectivity index (χ1v) is 7.32. The third-order valence-corrected chi connectivity index (χ3v) is 3.05. The summed E-state index contributed by atoms with van der Waals surface area (Å²) in [5.41, 5.74) is -0.736. The molecule has 0 unspecified atom stereocenters. The molecule has 0 aliphatic carbocycles. The largest absolute Gasteiger partial charge is 0.493 e. The summed E-state index contributed by atoms with van der Waals surface area (Å²) in [6.07, 6.45) is -1.39. The van der Waals surface area contributed by atoms with Crippen molar-refractivity contribution in [3.63, 3.8) is 0 Å². The average Bonchev–Trinajstić information content (AvgIpc) is 2.55. The number of ether oxygens (including phenoxy) is 2. The van der Waals surface area contributed by atoms with Crippen LogP contribution < -0.4 is 9.47 Å². The zero-order valence-corrected chi connectivity index (χ0v) is 13.0. The van der Waals surface area contributed by atoms with Crippen molar-refractivity contribution in [2.45, 2.75) is 12.6 Å². The van der Waals surface area contributed by atoms with Crippen LogP contribution in [0.25, 0.3) is 0 Å². The molecular formula is C18H15F3O4. The van der Waals surface area contributed by atoms with E-state index in [9.17, 15) is 18.0 Å². The number of hydrogen-bond donors (Lipinski definition) is 1. The number of benzene rings is 2. The summed E-state index contributed by atoms with van der Waals surface area (Å²) in [4.78, 5) is 10.3. The predicted octanol–water partition coefficient (Wildman–Crippen LogP) is 4.91. The molecule has 2 rings (SSSR count). The maximum absolute atomic E-state index is 12.5. The number of rotatable bonds is 7. The molecule has 0 radical (unpaired) electrons. The van der Waals surface area contributed by atoms with Gasteiger partial charge >= 0.3 is 12.1 Å². The second-order valence-corrected chi connectivity index (χ2v) is 4.97. The van der Waals surface area contributed by atoms with Gasteiger partial charge in [0.2, 0.25) is 0 Å². The van der Waals surface area contributed by atoms with E-state index in [0.29, 0.717) is 30.3 Å². The molecule has 132 valence electrons. The van der Waals surface area contributed by atoms with E-state index >= 15 is 0 Å². The zero-order chi connectivity index (χ0) is 18.3. The van der Waals surface area contributed by atoms with Crippen LogP contribution in [0.5, 0.6) is 17.2 Å². The molecule has 1 N–H and O–H groups in total. The van der Waals surface area contributed by atoms with Crippen LogP contribution in [0.15, 0.2) is 60.7 Å². The number of alkyl halides is 3. The fourth-order valence-corrected chi connectivity index (χ4v) is 1.88. The molecule has 25 heavy (non-hydrogen) atoms. The summed E-state index contributed by atoms with van der Waals surface area (Å²) >= 11 is 0. The van der Waals surface area contributed by atoms with Gasteiger partial charge in [0.25, 0.3) is 0 Å². The smallest absolute Gasteiger partial charge is 0.416 e. The number of hydrogen-bond acceptors (Lipinski definition) is 3. The van der Waals surface area contributed by atoms with Gasteiger partial charge in [-0.2, -0.15) is 13.2 Å². The lowest BCUT2D eigenvalue weighted by molar-refractivity contribution is -0.137. The molecule has 0 amide bonds. The second kappa shape index (κ2) is 8.23. The monoisotopic (exact) mass is 352 g/mol. The molecule has 2 aromatic rings. The Morgan fingerprint density at radius 1 is 0.960 bits per heavy atom. The van der Waals surface area contributed by atoms with E-state index in [1.165, 1.54) is 18.2 Å². The van der Waals surface area contributed by atoms with Crippen LogP contribution >= 0.6 is 0 Å². The summed E-state index contributed by atoms with van der Waals surface area (Å²) in [7, 11) is 0. The third kappa shape index (κ3) is 6.21. The van der Waals surface area contributed by atoms with E-state index in [4.69, 9.17) is 14.6 Å². The fourth-order valence-electron chi connectivity index (χ4n) is 1.88. The maximum Gasteiger partial charge on any atom is 0.416 e. The Morgan fingerprint density at radius 2 is 1.48 bits per heavy atom. The minimum absolute atomic E-state index is 0.292. The first-order valence-electron chi connectivity index (χ1n) is 7.32. The second-order valence-electron chi connectivity index (χ2n) is 4.97. The average molecular weight is 352 g/mol. The van der Waals surface area contributed by atoms with Crippen LogP contribution in [0, 0.1) is 0 Å². The van der Waals surface area contributed by atoms with Crippen LogP contribution in [-0.4, -0.2) is 17.7 Å². The number of carboxylic acids is 1. The highest BCUT2D eigenvalue weighted by atomic mass is 19.4. The Morgan fingerprint density at radius 3 is 2.00 bits per heavy atom. The molecule has 0 fully saturated rings. The van der Waals surface area contributed by atoms with Gasteiger partial charge in [0.1, 0.15) is 17.2 Å². The zero-order valence-electron chi connectivity index (χ0n) is 13.0. The quantitative estimate of drug-likeness (QED) is 0.568. The number of carboxylic acid groups (broad SMARTS) is 1. The van der Waals surface area contributed by atoms with Gasteiger partial charge in [0.05, 0.1) is 12.2 Å².